The maximum Gasteiger partial charge on any atom is 0.238 e. The molecule has 0 amide bonds. The monoisotopic (exact) mass is 423 g/mol. The van der Waals surface area contributed by atoms with Crippen molar-refractivity contribution >= 4 is 39.0 Å². The van der Waals surface area contributed by atoms with Gasteiger partial charge in [0.1, 0.15) is 0 Å². The van der Waals surface area contributed by atoms with E-state index in [2.05, 4.69) is 64.2 Å². The van der Waals surface area contributed by atoms with Crippen LogP contribution in [0.4, 0.5) is 0 Å². The Hall–Kier alpha value is -1.25. The first-order valence-electron chi connectivity index (χ1n) is 7.58. The van der Waals surface area contributed by atoms with Crippen LogP contribution in [0, 0.1) is 0 Å². The second kappa shape index (κ2) is 7.33. The summed E-state index contributed by atoms with van der Waals surface area (Å²) in [5.41, 5.74) is 2.34. The summed E-state index contributed by atoms with van der Waals surface area (Å²) in [5.74, 6) is 0. The van der Waals surface area contributed by atoms with Crippen LogP contribution in [0.2, 0.25) is 0 Å². The minimum Gasteiger partial charge on any atom is -0.232 e. The molecule has 0 spiro atoms. The SMILES string of the molecule is CC(C)(C)c1nc(Sc2nnn(CCc3ccccc3)n2)sc1Br. The molecule has 0 aliphatic carbocycles. The van der Waals surface area contributed by atoms with E-state index in [1.807, 2.05) is 18.2 Å². The number of aryl methyl sites for hydroxylation is 2. The van der Waals surface area contributed by atoms with Crippen molar-refractivity contribution in [2.75, 3.05) is 0 Å². The second-order valence-electron chi connectivity index (χ2n) is 6.36. The van der Waals surface area contributed by atoms with Crippen LogP contribution in [-0.2, 0) is 18.4 Å². The molecular weight excluding hydrogens is 406 g/mol. The van der Waals surface area contributed by atoms with Gasteiger partial charge in [-0.25, -0.2) is 4.98 Å². The van der Waals surface area contributed by atoms with E-state index in [1.54, 1.807) is 16.1 Å². The zero-order chi connectivity index (χ0) is 17.2. The molecule has 8 heteroatoms. The van der Waals surface area contributed by atoms with Crippen molar-refractivity contribution in [3.63, 3.8) is 0 Å². The first-order valence-corrected chi connectivity index (χ1v) is 10.0. The van der Waals surface area contributed by atoms with E-state index >= 15 is 0 Å². The number of hydrogen-bond acceptors (Lipinski definition) is 6. The second-order valence-corrected chi connectivity index (χ2v) is 9.89. The summed E-state index contributed by atoms with van der Waals surface area (Å²) in [6, 6.07) is 10.3. The maximum absolute atomic E-state index is 4.70. The third-order valence-electron chi connectivity index (χ3n) is 3.33. The zero-order valence-electron chi connectivity index (χ0n) is 13.7. The standard InChI is InChI=1S/C16H18BrN5S2/c1-16(2,3)12-13(17)23-15(18-12)24-14-19-21-22(20-14)10-9-11-7-5-4-6-8-11/h4-8H,9-10H2,1-3H3. The quantitative estimate of drug-likeness (QED) is 0.600. The molecule has 5 nitrogen and oxygen atoms in total. The first-order chi connectivity index (χ1) is 11.4. The largest absolute Gasteiger partial charge is 0.238 e. The average Bonchev–Trinajstić information content (AvgIpc) is 3.13. The third-order valence-corrected chi connectivity index (χ3v) is 5.94. The van der Waals surface area contributed by atoms with E-state index in [-0.39, 0.29) is 5.41 Å². The summed E-state index contributed by atoms with van der Waals surface area (Å²) in [7, 11) is 0. The maximum atomic E-state index is 4.70. The van der Waals surface area contributed by atoms with Crippen molar-refractivity contribution in [2.45, 2.75) is 48.6 Å². The summed E-state index contributed by atoms with van der Waals surface area (Å²) in [6.07, 6.45) is 0.887. The van der Waals surface area contributed by atoms with Crippen LogP contribution in [0.1, 0.15) is 32.0 Å². The highest BCUT2D eigenvalue weighted by Gasteiger charge is 2.23. The number of hydrogen-bond donors (Lipinski definition) is 0. The van der Waals surface area contributed by atoms with Gasteiger partial charge in [0, 0.05) is 5.41 Å². The predicted molar refractivity (Wildman–Crippen MR) is 101 cm³/mol. The number of aromatic nitrogens is 5. The van der Waals surface area contributed by atoms with Gasteiger partial charge in [-0.1, -0.05) is 62.4 Å². The Morgan fingerprint density at radius 2 is 1.96 bits per heavy atom. The van der Waals surface area contributed by atoms with Gasteiger partial charge in [-0.05, 0) is 44.9 Å². The normalized spacial score (nSPS) is 11.8. The lowest BCUT2D eigenvalue weighted by atomic mass is 9.93. The number of benzene rings is 1. The Morgan fingerprint density at radius 3 is 2.62 bits per heavy atom. The Kier molecular flexibility index (Phi) is 5.36. The smallest absolute Gasteiger partial charge is 0.232 e. The molecule has 0 saturated carbocycles. The zero-order valence-corrected chi connectivity index (χ0v) is 17.0. The summed E-state index contributed by atoms with van der Waals surface area (Å²) in [6.45, 7) is 7.17. The first kappa shape index (κ1) is 17.6. The number of tetrazole rings is 1. The predicted octanol–water partition coefficient (Wildman–Crippen LogP) is 4.58. The van der Waals surface area contributed by atoms with Gasteiger partial charge in [0.2, 0.25) is 5.16 Å². The molecule has 0 atom stereocenters. The van der Waals surface area contributed by atoms with E-state index in [4.69, 9.17) is 4.98 Å². The lowest BCUT2D eigenvalue weighted by Gasteiger charge is -2.15. The minimum absolute atomic E-state index is 0.00880. The molecule has 0 fully saturated rings. The Bertz CT molecular complexity index is 807. The molecule has 0 unspecified atom stereocenters. The fraction of sp³-hybridized carbons (Fsp3) is 0.375. The Morgan fingerprint density at radius 1 is 1.21 bits per heavy atom. The number of rotatable bonds is 5. The molecule has 0 N–H and O–H groups in total. The molecule has 0 bridgehead atoms. The van der Waals surface area contributed by atoms with Crippen molar-refractivity contribution in [3.8, 4) is 0 Å². The summed E-state index contributed by atoms with van der Waals surface area (Å²) in [4.78, 5) is 6.34. The fourth-order valence-electron chi connectivity index (χ4n) is 2.11. The molecule has 126 valence electrons. The fourth-order valence-corrected chi connectivity index (χ4v) is 5.45. The highest BCUT2D eigenvalue weighted by atomic mass is 79.9. The van der Waals surface area contributed by atoms with Crippen molar-refractivity contribution in [3.05, 3.63) is 45.4 Å². The topological polar surface area (TPSA) is 56.5 Å². The number of halogens is 1. The van der Waals surface area contributed by atoms with E-state index < -0.39 is 0 Å². The minimum atomic E-state index is 0.00880. The number of nitrogens with zero attached hydrogens (tertiary/aromatic N) is 5. The third kappa shape index (κ3) is 4.43. The van der Waals surface area contributed by atoms with E-state index in [9.17, 15) is 0 Å². The van der Waals surface area contributed by atoms with Gasteiger partial charge in [0.25, 0.3) is 0 Å². The molecule has 2 aromatic heterocycles. The van der Waals surface area contributed by atoms with Gasteiger partial charge in [0.05, 0.1) is 16.0 Å². The van der Waals surface area contributed by atoms with Gasteiger partial charge in [-0.15, -0.1) is 10.2 Å². The molecule has 0 radical (unpaired) electrons. The Labute approximate surface area is 158 Å². The van der Waals surface area contributed by atoms with E-state index in [0.29, 0.717) is 11.7 Å². The van der Waals surface area contributed by atoms with Crippen molar-refractivity contribution in [1.82, 2.24) is 25.2 Å². The lowest BCUT2D eigenvalue weighted by Crippen LogP contribution is -2.12. The molecule has 1 aromatic carbocycles. The van der Waals surface area contributed by atoms with Crippen LogP contribution in [-0.4, -0.2) is 25.2 Å². The van der Waals surface area contributed by atoms with Gasteiger partial charge in [-0.2, -0.15) is 4.80 Å². The molecule has 0 aliphatic heterocycles. The average molecular weight is 424 g/mol. The van der Waals surface area contributed by atoms with Gasteiger partial charge < -0.3 is 0 Å². The van der Waals surface area contributed by atoms with Crippen LogP contribution in [0.25, 0.3) is 0 Å². The van der Waals surface area contributed by atoms with Gasteiger partial charge in [-0.3, -0.25) is 0 Å². The highest BCUT2D eigenvalue weighted by Crippen LogP contribution is 2.38. The molecule has 2 heterocycles. The molecule has 3 aromatic rings. The molecular formula is C16H18BrN5S2. The van der Waals surface area contributed by atoms with Crippen LogP contribution >= 0.6 is 39.0 Å². The summed E-state index contributed by atoms with van der Waals surface area (Å²) >= 11 is 6.66. The van der Waals surface area contributed by atoms with Crippen LogP contribution in [0.5, 0.6) is 0 Å². The van der Waals surface area contributed by atoms with Crippen LogP contribution in [0.3, 0.4) is 0 Å². The van der Waals surface area contributed by atoms with Gasteiger partial charge in [0.15, 0.2) is 4.34 Å². The van der Waals surface area contributed by atoms with E-state index in [1.165, 1.54) is 17.3 Å². The van der Waals surface area contributed by atoms with Crippen LogP contribution in [0.15, 0.2) is 43.6 Å². The van der Waals surface area contributed by atoms with Gasteiger partial charge >= 0.3 is 0 Å². The lowest BCUT2D eigenvalue weighted by molar-refractivity contribution is 0.519. The van der Waals surface area contributed by atoms with E-state index in [0.717, 1.165) is 20.2 Å². The summed E-state index contributed by atoms with van der Waals surface area (Å²) in [5, 5.41) is 13.3. The Balaban J connectivity index is 1.64. The molecule has 0 aliphatic rings. The highest BCUT2D eigenvalue weighted by molar-refractivity contribution is 9.11. The van der Waals surface area contributed by atoms with Crippen molar-refractivity contribution in [1.29, 1.82) is 0 Å². The van der Waals surface area contributed by atoms with Crippen molar-refractivity contribution < 1.29 is 0 Å². The van der Waals surface area contributed by atoms with Crippen molar-refractivity contribution in [2.24, 2.45) is 0 Å². The molecule has 0 saturated heterocycles. The molecule has 3 rings (SSSR count). The molecule has 24 heavy (non-hydrogen) atoms. The number of thiazole rings is 1. The van der Waals surface area contributed by atoms with Crippen LogP contribution < -0.4 is 0 Å². The summed E-state index contributed by atoms with van der Waals surface area (Å²) < 4.78 is 1.99.